The topological polar surface area (TPSA) is 61.8 Å². The molecule has 0 spiro atoms. The van der Waals surface area contributed by atoms with Crippen molar-refractivity contribution in [2.45, 2.75) is 18.6 Å². The number of hydrogen-bond acceptors (Lipinski definition) is 5. The van der Waals surface area contributed by atoms with Crippen LogP contribution >= 0.6 is 0 Å². The Morgan fingerprint density at radius 3 is 2.89 bits per heavy atom. The van der Waals surface area contributed by atoms with Crippen LogP contribution in [0.5, 0.6) is 0 Å². The first-order chi connectivity index (χ1) is 9.24. The van der Waals surface area contributed by atoms with E-state index in [9.17, 15) is 9.59 Å². The first kappa shape index (κ1) is 12.2. The van der Waals surface area contributed by atoms with Crippen molar-refractivity contribution in [1.29, 1.82) is 0 Å². The van der Waals surface area contributed by atoms with Gasteiger partial charge in [0.2, 0.25) is 0 Å². The van der Waals surface area contributed by atoms with Gasteiger partial charge in [0.1, 0.15) is 12.7 Å². The standard InChI is InChI=1S/C14H14O5/c15-13-6-10-11(17-8-12(10)19-13)7-18-14(16)9-4-2-1-3-5-9/h1-5,10-12H,6-8H2/t10-,11-,12+/m1/s1. The molecule has 2 aliphatic rings. The lowest BCUT2D eigenvalue weighted by atomic mass is 9.98. The summed E-state index contributed by atoms with van der Waals surface area (Å²) >= 11 is 0. The monoisotopic (exact) mass is 262 g/mol. The molecule has 1 aromatic carbocycles. The fourth-order valence-electron chi connectivity index (χ4n) is 2.49. The second-order valence-corrected chi connectivity index (χ2v) is 4.73. The zero-order chi connectivity index (χ0) is 13.2. The molecule has 0 aromatic heterocycles. The summed E-state index contributed by atoms with van der Waals surface area (Å²) in [5.74, 6) is -0.563. The van der Waals surface area contributed by atoms with Crippen LogP contribution in [-0.4, -0.2) is 37.4 Å². The molecule has 0 bridgehead atoms. The highest BCUT2D eigenvalue weighted by molar-refractivity contribution is 5.89. The van der Waals surface area contributed by atoms with E-state index in [0.717, 1.165) is 0 Å². The Morgan fingerprint density at radius 2 is 2.11 bits per heavy atom. The normalized spacial score (nSPS) is 28.8. The highest BCUT2D eigenvalue weighted by atomic mass is 16.6. The van der Waals surface area contributed by atoms with Gasteiger partial charge in [-0.15, -0.1) is 0 Å². The molecule has 1 aromatic rings. The SMILES string of the molecule is O=C1C[C@H]2[C@H](CO[C@@H]2COC(=O)c2ccccc2)O1. The highest BCUT2D eigenvalue weighted by Gasteiger charge is 2.46. The van der Waals surface area contributed by atoms with E-state index in [-0.39, 0.29) is 36.7 Å². The molecular weight excluding hydrogens is 248 g/mol. The van der Waals surface area contributed by atoms with Crippen molar-refractivity contribution in [1.82, 2.24) is 0 Å². The number of rotatable bonds is 3. The summed E-state index contributed by atoms with van der Waals surface area (Å²) in [6, 6.07) is 8.79. The van der Waals surface area contributed by atoms with Gasteiger partial charge in [-0.1, -0.05) is 18.2 Å². The molecule has 2 fully saturated rings. The van der Waals surface area contributed by atoms with Gasteiger partial charge in [-0.05, 0) is 12.1 Å². The zero-order valence-corrected chi connectivity index (χ0v) is 10.3. The molecule has 0 radical (unpaired) electrons. The Hall–Kier alpha value is -1.88. The summed E-state index contributed by atoms with van der Waals surface area (Å²) in [6.07, 6.45) is -0.0740. The maximum Gasteiger partial charge on any atom is 0.338 e. The van der Waals surface area contributed by atoms with Crippen LogP contribution < -0.4 is 0 Å². The molecule has 5 nitrogen and oxygen atoms in total. The van der Waals surface area contributed by atoms with Crippen molar-refractivity contribution in [2.75, 3.05) is 13.2 Å². The number of benzene rings is 1. The maximum atomic E-state index is 11.8. The second-order valence-electron chi connectivity index (χ2n) is 4.73. The predicted octanol–water partition coefficient (Wildman–Crippen LogP) is 1.17. The highest BCUT2D eigenvalue weighted by Crippen LogP contribution is 2.33. The third-order valence-electron chi connectivity index (χ3n) is 3.50. The third-order valence-corrected chi connectivity index (χ3v) is 3.50. The fraction of sp³-hybridized carbons (Fsp3) is 0.429. The summed E-state index contributed by atoms with van der Waals surface area (Å²) in [7, 11) is 0. The molecular formula is C14H14O5. The van der Waals surface area contributed by atoms with Gasteiger partial charge in [0.15, 0.2) is 0 Å². The van der Waals surface area contributed by atoms with E-state index in [1.54, 1.807) is 24.3 Å². The van der Waals surface area contributed by atoms with Crippen molar-refractivity contribution in [3.8, 4) is 0 Å². The van der Waals surface area contributed by atoms with Gasteiger partial charge in [0.25, 0.3) is 0 Å². The molecule has 0 aliphatic carbocycles. The molecule has 2 heterocycles. The number of hydrogen-bond donors (Lipinski definition) is 0. The van der Waals surface area contributed by atoms with Gasteiger partial charge < -0.3 is 14.2 Å². The number of ether oxygens (including phenoxy) is 3. The molecule has 2 saturated heterocycles. The Bertz CT molecular complexity index is 484. The average Bonchev–Trinajstić information content (AvgIpc) is 2.96. The summed E-state index contributed by atoms with van der Waals surface area (Å²) in [5.41, 5.74) is 0.510. The van der Waals surface area contributed by atoms with E-state index in [0.29, 0.717) is 18.6 Å². The van der Waals surface area contributed by atoms with Crippen LogP contribution in [0, 0.1) is 5.92 Å². The number of carbonyl (C=O) groups is 2. The van der Waals surface area contributed by atoms with Gasteiger partial charge >= 0.3 is 11.9 Å². The lowest BCUT2D eigenvalue weighted by Crippen LogP contribution is -2.26. The number of fused-ring (bicyclic) bond motifs is 1. The van der Waals surface area contributed by atoms with E-state index in [4.69, 9.17) is 14.2 Å². The molecule has 0 N–H and O–H groups in total. The molecule has 3 atom stereocenters. The van der Waals surface area contributed by atoms with E-state index >= 15 is 0 Å². The van der Waals surface area contributed by atoms with Gasteiger partial charge in [0, 0.05) is 5.92 Å². The van der Waals surface area contributed by atoms with Crippen LogP contribution in [0.3, 0.4) is 0 Å². The quantitative estimate of drug-likeness (QED) is 0.765. The van der Waals surface area contributed by atoms with Crippen LogP contribution in [0.1, 0.15) is 16.8 Å². The average molecular weight is 262 g/mol. The van der Waals surface area contributed by atoms with Gasteiger partial charge in [0.05, 0.1) is 24.7 Å². The van der Waals surface area contributed by atoms with Gasteiger partial charge in [-0.25, -0.2) is 4.79 Å². The van der Waals surface area contributed by atoms with Crippen LogP contribution in [0.2, 0.25) is 0 Å². The molecule has 0 saturated carbocycles. The summed E-state index contributed by atoms with van der Waals surface area (Å²) in [5, 5.41) is 0. The Morgan fingerprint density at radius 1 is 1.32 bits per heavy atom. The zero-order valence-electron chi connectivity index (χ0n) is 10.3. The molecule has 19 heavy (non-hydrogen) atoms. The van der Waals surface area contributed by atoms with E-state index in [2.05, 4.69) is 0 Å². The Kier molecular flexibility index (Phi) is 3.21. The second kappa shape index (κ2) is 5.01. The van der Waals surface area contributed by atoms with Crippen molar-refractivity contribution < 1.29 is 23.8 Å². The Balaban J connectivity index is 1.56. The molecule has 2 aliphatic heterocycles. The van der Waals surface area contributed by atoms with Crippen LogP contribution in [0.15, 0.2) is 30.3 Å². The Labute approximate surface area is 110 Å². The smallest absolute Gasteiger partial charge is 0.338 e. The van der Waals surface area contributed by atoms with Crippen molar-refractivity contribution in [2.24, 2.45) is 5.92 Å². The van der Waals surface area contributed by atoms with Crippen LogP contribution in [0.25, 0.3) is 0 Å². The van der Waals surface area contributed by atoms with Crippen molar-refractivity contribution in [3.05, 3.63) is 35.9 Å². The lowest BCUT2D eigenvalue weighted by Gasteiger charge is -2.14. The minimum atomic E-state index is -0.377. The summed E-state index contributed by atoms with van der Waals surface area (Å²) in [4.78, 5) is 23.0. The largest absolute Gasteiger partial charge is 0.459 e. The minimum absolute atomic E-state index is 0.0103. The fourth-order valence-corrected chi connectivity index (χ4v) is 2.49. The molecule has 100 valence electrons. The van der Waals surface area contributed by atoms with E-state index in [1.807, 2.05) is 6.07 Å². The van der Waals surface area contributed by atoms with Crippen molar-refractivity contribution >= 4 is 11.9 Å². The van der Waals surface area contributed by atoms with Gasteiger partial charge in [-0.3, -0.25) is 4.79 Å². The van der Waals surface area contributed by atoms with Crippen LogP contribution in [0.4, 0.5) is 0 Å². The summed E-state index contributed by atoms with van der Waals surface area (Å²) < 4.78 is 15.8. The van der Waals surface area contributed by atoms with Gasteiger partial charge in [-0.2, -0.15) is 0 Å². The summed E-state index contributed by atoms with van der Waals surface area (Å²) in [6.45, 7) is 0.551. The number of esters is 2. The van der Waals surface area contributed by atoms with Crippen molar-refractivity contribution in [3.63, 3.8) is 0 Å². The first-order valence-electron chi connectivity index (χ1n) is 6.27. The van der Waals surface area contributed by atoms with Crippen LogP contribution in [-0.2, 0) is 19.0 Å². The molecule has 5 heteroatoms. The van der Waals surface area contributed by atoms with E-state index in [1.165, 1.54) is 0 Å². The maximum absolute atomic E-state index is 11.8. The number of carbonyl (C=O) groups excluding carboxylic acids is 2. The van der Waals surface area contributed by atoms with E-state index < -0.39 is 0 Å². The molecule has 0 amide bonds. The lowest BCUT2D eigenvalue weighted by molar-refractivity contribution is -0.142. The molecule has 3 rings (SSSR count). The predicted molar refractivity (Wildman–Crippen MR) is 64.5 cm³/mol. The third kappa shape index (κ3) is 2.46. The first-order valence-corrected chi connectivity index (χ1v) is 6.27. The molecule has 0 unspecified atom stereocenters. The minimum Gasteiger partial charge on any atom is -0.459 e.